The molecular weight excluding hydrogens is 620 g/mol. The van der Waals surface area contributed by atoms with Crippen LogP contribution in [-0.4, -0.2) is 73.3 Å². The fraction of sp³-hybridized carbons (Fsp3) is 0.457. The average molecular weight is 665 g/mol. The van der Waals surface area contributed by atoms with Crippen LogP contribution in [0.1, 0.15) is 76.2 Å². The van der Waals surface area contributed by atoms with Crippen molar-refractivity contribution in [1.82, 2.24) is 9.97 Å². The molecule has 4 aromatic rings. The van der Waals surface area contributed by atoms with Gasteiger partial charge in [-0.2, -0.15) is 0 Å². The van der Waals surface area contributed by atoms with Crippen molar-refractivity contribution in [1.29, 1.82) is 0 Å². The highest BCUT2D eigenvalue weighted by molar-refractivity contribution is 6.99. The van der Waals surface area contributed by atoms with E-state index in [1.54, 1.807) is 27.0 Å². The predicted octanol–water partition coefficient (Wildman–Crippen LogP) is 4.79. The van der Waals surface area contributed by atoms with E-state index in [4.69, 9.17) is 32.2 Å². The molecule has 0 radical (unpaired) electrons. The molecule has 1 aliphatic rings. The lowest BCUT2D eigenvalue weighted by Gasteiger charge is -2.52. The molecule has 0 unspecified atom stereocenters. The third-order valence-electron chi connectivity index (χ3n) is 9.07. The van der Waals surface area contributed by atoms with E-state index in [1.807, 2.05) is 36.4 Å². The number of aliphatic hydroxyl groups is 1. The Morgan fingerprint density at radius 2 is 1.53 bits per heavy atom. The first-order valence-corrected chi connectivity index (χ1v) is 17.5. The minimum absolute atomic E-state index is 0.0234. The summed E-state index contributed by atoms with van der Waals surface area (Å²) in [6.45, 7) is 11.6. The third-order valence-corrected chi connectivity index (χ3v) is 14.1. The molecule has 0 amide bonds. The highest BCUT2D eigenvalue weighted by atomic mass is 28.4. The molecule has 1 saturated heterocycles. The average Bonchev–Trinajstić information content (AvgIpc) is 3.77. The van der Waals surface area contributed by atoms with E-state index in [1.165, 1.54) is 26.9 Å². The van der Waals surface area contributed by atoms with Crippen molar-refractivity contribution >= 4 is 24.5 Å². The van der Waals surface area contributed by atoms with Crippen molar-refractivity contribution in [3.63, 3.8) is 0 Å². The zero-order chi connectivity index (χ0) is 34.0. The van der Waals surface area contributed by atoms with Gasteiger partial charge in [0.2, 0.25) is 17.5 Å². The highest BCUT2D eigenvalue weighted by Crippen LogP contribution is 2.42. The number of oxazole rings is 2. The highest BCUT2D eigenvalue weighted by Gasteiger charge is 2.57. The lowest BCUT2D eigenvalue weighted by Crippen LogP contribution is -2.67. The summed E-state index contributed by atoms with van der Waals surface area (Å²) in [7, 11) is -0.178. The van der Waals surface area contributed by atoms with E-state index >= 15 is 0 Å². The summed E-state index contributed by atoms with van der Waals surface area (Å²) in [5, 5.41) is 12.9. The van der Waals surface area contributed by atoms with E-state index in [0.29, 0.717) is 5.76 Å². The van der Waals surface area contributed by atoms with E-state index in [-0.39, 0.29) is 23.0 Å². The second kappa shape index (κ2) is 13.6. The molecule has 1 aliphatic heterocycles. The summed E-state index contributed by atoms with van der Waals surface area (Å²) >= 11 is 0. The molecule has 2 aromatic carbocycles. The van der Waals surface area contributed by atoms with Crippen molar-refractivity contribution in [2.24, 2.45) is 0 Å². The minimum atomic E-state index is -3.12. The van der Waals surface area contributed by atoms with Gasteiger partial charge in [0, 0.05) is 20.6 Å². The number of carbonyl (C=O) groups is 1. The summed E-state index contributed by atoms with van der Waals surface area (Å²) in [6.07, 6.45) is 0.153. The second-order valence-corrected chi connectivity index (χ2v) is 17.3. The zero-order valence-corrected chi connectivity index (χ0v) is 29.1. The van der Waals surface area contributed by atoms with Gasteiger partial charge in [-0.05, 0) is 36.2 Å². The van der Waals surface area contributed by atoms with Crippen LogP contribution in [0.25, 0.3) is 0 Å². The van der Waals surface area contributed by atoms with Crippen molar-refractivity contribution in [3.8, 4) is 0 Å². The molecule has 0 spiro atoms. The molecule has 12 heteroatoms. The van der Waals surface area contributed by atoms with Gasteiger partial charge in [0.1, 0.15) is 18.1 Å². The van der Waals surface area contributed by atoms with Gasteiger partial charge in [-0.1, -0.05) is 81.4 Å². The Kier molecular flexibility index (Phi) is 10.0. The molecule has 252 valence electrons. The molecule has 1 fully saturated rings. The number of ether oxygens (including phenoxy) is 4. The van der Waals surface area contributed by atoms with Gasteiger partial charge < -0.3 is 37.3 Å². The Morgan fingerprint density at radius 3 is 2.04 bits per heavy atom. The van der Waals surface area contributed by atoms with Gasteiger partial charge in [-0.25, -0.2) is 9.97 Å². The number of aromatic nitrogens is 2. The Balaban J connectivity index is 1.46. The summed E-state index contributed by atoms with van der Waals surface area (Å²) in [6, 6.07) is 20.3. The summed E-state index contributed by atoms with van der Waals surface area (Å²) in [4.78, 5) is 22.2. The maximum atomic E-state index is 13.5. The summed E-state index contributed by atoms with van der Waals surface area (Å²) < 4.78 is 42.3. The van der Waals surface area contributed by atoms with Crippen molar-refractivity contribution in [3.05, 3.63) is 96.9 Å². The van der Waals surface area contributed by atoms with E-state index in [9.17, 15) is 9.90 Å². The van der Waals surface area contributed by atoms with Crippen LogP contribution in [0.15, 0.2) is 88.4 Å². The van der Waals surface area contributed by atoms with Crippen LogP contribution < -0.4 is 10.4 Å². The SMILES string of the molecule is CO[C@@]1(C)O[C@H]([C@H](O)CC(=O)c2coc([C@@H](O[Si](c3ccccc3)(c3ccccc3)C(C)(C)C)c3cnco3)n2)[C@@H](C)O[C@]1(C)OC. The number of aliphatic hydroxyl groups excluding tert-OH is 1. The van der Waals surface area contributed by atoms with Crippen molar-refractivity contribution in [2.75, 3.05) is 14.2 Å². The number of nitrogens with zero attached hydrogens (tertiary/aromatic N) is 2. The molecule has 1 N–H and O–H groups in total. The lowest BCUT2D eigenvalue weighted by atomic mass is 9.98. The van der Waals surface area contributed by atoms with Gasteiger partial charge in [-0.3, -0.25) is 4.79 Å². The number of carbonyl (C=O) groups excluding carboxylic acids is 1. The Hall–Kier alpha value is -3.49. The first-order chi connectivity index (χ1) is 22.3. The quantitative estimate of drug-likeness (QED) is 0.165. The molecule has 3 heterocycles. The largest absolute Gasteiger partial charge is 0.445 e. The van der Waals surface area contributed by atoms with Crippen LogP contribution >= 0.6 is 0 Å². The molecule has 47 heavy (non-hydrogen) atoms. The van der Waals surface area contributed by atoms with Crippen molar-refractivity contribution in [2.45, 2.75) is 89.0 Å². The fourth-order valence-corrected chi connectivity index (χ4v) is 10.8. The number of hydrogen-bond acceptors (Lipinski definition) is 11. The predicted molar refractivity (Wildman–Crippen MR) is 175 cm³/mol. The number of Topliss-reactive ketones (excluding diaryl/α,β-unsaturated/α-hetero) is 1. The van der Waals surface area contributed by atoms with E-state index in [0.717, 1.165) is 10.4 Å². The standard InChI is InChI=1S/C35H44N2O9Si/c1-23-30(45-35(6,41-8)34(5,40-7)44-23)28(39)19-27(38)26-21-42-32(37-26)31(29-20-36-22-43-29)46-47(33(2,3)4,24-15-11-9-12-16-24)25-17-13-10-14-18-25/h9-18,20-23,28,30-31,39H,19H2,1-8H3/t23-,28-,30+,31+,34+,35+/m1/s1. The molecule has 5 rings (SSSR count). The van der Waals surface area contributed by atoms with Crippen LogP contribution in [0.5, 0.6) is 0 Å². The first-order valence-electron chi connectivity index (χ1n) is 15.6. The van der Waals surface area contributed by atoms with Crippen LogP contribution in [0.4, 0.5) is 0 Å². The first kappa shape index (κ1) is 34.8. The third kappa shape index (κ3) is 6.51. The monoisotopic (exact) mass is 664 g/mol. The summed E-state index contributed by atoms with van der Waals surface area (Å²) in [5.74, 6) is -2.53. The fourth-order valence-electron chi connectivity index (χ4n) is 6.25. The Bertz CT molecular complexity index is 1570. The smallest absolute Gasteiger partial charge is 0.262 e. The number of methoxy groups -OCH3 is 2. The molecule has 0 saturated carbocycles. The van der Waals surface area contributed by atoms with Gasteiger partial charge in [0.05, 0.1) is 18.4 Å². The second-order valence-electron chi connectivity index (χ2n) is 13.0. The topological polar surface area (TPSA) is 136 Å². The van der Waals surface area contributed by atoms with Crippen LogP contribution in [0, 0.1) is 0 Å². The maximum absolute atomic E-state index is 13.5. The van der Waals surface area contributed by atoms with Crippen LogP contribution in [-0.2, 0) is 23.4 Å². The van der Waals surface area contributed by atoms with Crippen LogP contribution in [0.2, 0.25) is 5.04 Å². The Morgan fingerprint density at radius 1 is 0.957 bits per heavy atom. The molecule has 2 aromatic heterocycles. The normalized spacial score (nSPS) is 25.0. The number of benzene rings is 2. The van der Waals surface area contributed by atoms with E-state index < -0.39 is 50.1 Å². The van der Waals surface area contributed by atoms with Gasteiger partial charge in [0.15, 0.2) is 24.0 Å². The number of rotatable bonds is 12. The van der Waals surface area contributed by atoms with Gasteiger partial charge in [-0.15, -0.1) is 0 Å². The van der Waals surface area contributed by atoms with Crippen molar-refractivity contribution < 1.29 is 42.1 Å². The molecule has 0 bridgehead atoms. The van der Waals surface area contributed by atoms with E-state index in [2.05, 4.69) is 55.0 Å². The number of ketones is 1. The number of hydrogen-bond donors (Lipinski definition) is 1. The lowest BCUT2D eigenvalue weighted by molar-refractivity contribution is -0.451. The van der Waals surface area contributed by atoms with Gasteiger partial charge in [0.25, 0.3) is 8.32 Å². The molecule has 11 nitrogen and oxygen atoms in total. The van der Waals surface area contributed by atoms with Crippen LogP contribution in [0.3, 0.4) is 0 Å². The molecule has 6 atom stereocenters. The molecular formula is C35H44N2O9Si. The minimum Gasteiger partial charge on any atom is -0.445 e. The summed E-state index contributed by atoms with van der Waals surface area (Å²) in [5.41, 5.74) is 0.0234. The van der Waals surface area contributed by atoms with Gasteiger partial charge >= 0.3 is 0 Å². The Labute approximate surface area is 276 Å². The molecule has 0 aliphatic carbocycles. The maximum Gasteiger partial charge on any atom is 0.262 e. The zero-order valence-electron chi connectivity index (χ0n) is 28.1.